The first-order chi connectivity index (χ1) is 9.08. The van der Waals surface area contributed by atoms with Crippen molar-refractivity contribution in [1.29, 1.82) is 0 Å². The number of amides is 1. The highest BCUT2D eigenvalue weighted by atomic mass is 35.5. The number of rotatable bonds is 3. The van der Waals surface area contributed by atoms with Gasteiger partial charge in [0.05, 0.1) is 17.1 Å². The number of hydrogen-bond acceptors (Lipinski definition) is 4. The van der Waals surface area contributed by atoms with E-state index < -0.39 is 11.9 Å². The summed E-state index contributed by atoms with van der Waals surface area (Å²) in [6.07, 6.45) is 1.69. The summed E-state index contributed by atoms with van der Waals surface area (Å²) in [6, 6.07) is 7.31. The number of halogens is 1. The first-order valence-electron chi connectivity index (χ1n) is 5.42. The molecule has 4 nitrogen and oxygen atoms in total. The highest BCUT2D eigenvalue weighted by Gasteiger charge is 2.22. The Balaban J connectivity index is 2.06. The van der Waals surface area contributed by atoms with Crippen LogP contribution < -0.4 is 0 Å². The number of esters is 1. The van der Waals surface area contributed by atoms with Crippen LogP contribution >= 0.6 is 23.4 Å². The Hall–Kier alpha value is -1.59. The Morgan fingerprint density at radius 3 is 2.74 bits per heavy atom. The number of hydrogen-bond donors (Lipinski definition) is 0. The van der Waals surface area contributed by atoms with Gasteiger partial charge in [0.25, 0.3) is 5.91 Å². The number of methoxy groups -OCH3 is 1. The standard InChI is InChI=1S/C13H10ClNO3S/c1-18-12(16)7-10-13(17)15-11(19-10)6-8-2-4-9(14)5-3-8/h2-5,7H,6H2,1H3/b10-7+. The average Bonchev–Trinajstić information content (AvgIpc) is 2.72. The van der Waals surface area contributed by atoms with Gasteiger partial charge < -0.3 is 4.74 Å². The Bertz CT molecular complexity index is 578. The molecular formula is C13H10ClNO3S. The topological polar surface area (TPSA) is 55.7 Å². The molecule has 0 aromatic heterocycles. The van der Waals surface area contributed by atoms with Gasteiger partial charge in [-0.05, 0) is 17.7 Å². The molecule has 0 spiro atoms. The lowest BCUT2D eigenvalue weighted by molar-refractivity contribution is -0.135. The van der Waals surface area contributed by atoms with Crippen LogP contribution in [0.15, 0.2) is 40.2 Å². The zero-order chi connectivity index (χ0) is 13.8. The third kappa shape index (κ3) is 3.68. The van der Waals surface area contributed by atoms with Crippen LogP contribution in [0.4, 0.5) is 0 Å². The van der Waals surface area contributed by atoms with E-state index in [1.165, 1.54) is 18.9 Å². The van der Waals surface area contributed by atoms with Crippen molar-refractivity contribution in [2.75, 3.05) is 7.11 Å². The molecule has 0 saturated heterocycles. The number of nitrogens with zero attached hydrogens (tertiary/aromatic N) is 1. The van der Waals surface area contributed by atoms with Crippen LogP contribution in [0.2, 0.25) is 5.02 Å². The summed E-state index contributed by atoms with van der Waals surface area (Å²) in [5.74, 6) is -0.960. The largest absolute Gasteiger partial charge is 0.466 e. The lowest BCUT2D eigenvalue weighted by Gasteiger charge is -2.00. The molecule has 1 amide bonds. The number of aliphatic imine (C=N–C) groups is 1. The van der Waals surface area contributed by atoms with Crippen LogP contribution in [0, 0.1) is 0 Å². The summed E-state index contributed by atoms with van der Waals surface area (Å²) in [7, 11) is 1.26. The van der Waals surface area contributed by atoms with Gasteiger partial charge in [-0.3, -0.25) is 4.79 Å². The molecule has 0 saturated carbocycles. The van der Waals surface area contributed by atoms with Gasteiger partial charge in [0.1, 0.15) is 0 Å². The number of benzene rings is 1. The van der Waals surface area contributed by atoms with Crippen LogP contribution in [0.25, 0.3) is 0 Å². The Morgan fingerprint density at radius 1 is 1.42 bits per heavy atom. The molecule has 0 unspecified atom stereocenters. The fraction of sp³-hybridized carbons (Fsp3) is 0.154. The van der Waals surface area contributed by atoms with E-state index in [2.05, 4.69) is 9.73 Å². The maximum atomic E-state index is 11.6. The molecule has 1 aromatic rings. The van der Waals surface area contributed by atoms with Gasteiger partial charge in [0.15, 0.2) is 0 Å². The molecule has 6 heteroatoms. The summed E-state index contributed by atoms with van der Waals surface area (Å²) in [4.78, 5) is 26.9. The van der Waals surface area contributed by atoms with Crippen LogP contribution in [-0.4, -0.2) is 24.0 Å². The quantitative estimate of drug-likeness (QED) is 0.635. The van der Waals surface area contributed by atoms with Crippen molar-refractivity contribution in [1.82, 2.24) is 0 Å². The number of carbonyl (C=O) groups is 2. The zero-order valence-electron chi connectivity index (χ0n) is 10.1. The van der Waals surface area contributed by atoms with Crippen molar-refractivity contribution in [2.24, 2.45) is 4.99 Å². The van der Waals surface area contributed by atoms with Crippen LogP contribution in [0.5, 0.6) is 0 Å². The Kier molecular flexibility index (Phi) is 4.39. The fourth-order valence-corrected chi connectivity index (χ4v) is 2.51. The zero-order valence-corrected chi connectivity index (χ0v) is 11.6. The molecule has 19 heavy (non-hydrogen) atoms. The molecule has 1 aliphatic heterocycles. The SMILES string of the molecule is COC(=O)/C=C1/SC(Cc2ccc(Cl)cc2)=NC1=O. The van der Waals surface area contributed by atoms with E-state index in [-0.39, 0.29) is 4.91 Å². The van der Waals surface area contributed by atoms with Crippen molar-refractivity contribution < 1.29 is 14.3 Å². The van der Waals surface area contributed by atoms with Crippen molar-refractivity contribution in [3.63, 3.8) is 0 Å². The van der Waals surface area contributed by atoms with E-state index in [1.807, 2.05) is 12.1 Å². The monoisotopic (exact) mass is 295 g/mol. The third-order valence-corrected chi connectivity index (χ3v) is 3.62. The van der Waals surface area contributed by atoms with Gasteiger partial charge in [0, 0.05) is 17.5 Å². The van der Waals surface area contributed by atoms with Crippen LogP contribution in [0.3, 0.4) is 0 Å². The number of ether oxygens (including phenoxy) is 1. The number of thioether (sulfide) groups is 1. The Morgan fingerprint density at radius 2 is 2.11 bits per heavy atom. The number of carbonyl (C=O) groups excluding carboxylic acids is 2. The molecule has 0 N–H and O–H groups in total. The summed E-state index contributed by atoms with van der Waals surface area (Å²) in [5, 5.41) is 1.31. The molecule has 98 valence electrons. The minimum Gasteiger partial charge on any atom is -0.466 e. The van der Waals surface area contributed by atoms with Gasteiger partial charge in [0.2, 0.25) is 0 Å². The van der Waals surface area contributed by atoms with Crippen LogP contribution in [-0.2, 0) is 20.7 Å². The first-order valence-corrected chi connectivity index (χ1v) is 6.62. The minimum absolute atomic E-state index is 0.288. The van der Waals surface area contributed by atoms with Gasteiger partial charge >= 0.3 is 5.97 Å². The predicted octanol–water partition coefficient (Wildman–Crippen LogP) is 2.61. The minimum atomic E-state index is -0.557. The van der Waals surface area contributed by atoms with E-state index in [1.54, 1.807) is 12.1 Å². The van der Waals surface area contributed by atoms with Crippen molar-refractivity contribution >= 4 is 40.3 Å². The van der Waals surface area contributed by atoms with Crippen molar-refractivity contribution in [3.8, 4) is 0 Å². The molecule has 0 radical (unpaired) electrons. The molecule has 0 aliphatic carbocycles. The molecule has 1 aromatic carbocycles. The van der Waals surface area contributed by atoms with E-state index in [0.717, 1.165) is 11.6 Å². The van der Waals surface area contributed by atoms with E-state index in [0.29, 0.717) is 16.5 Å². The average molecular weight is 296 g/mol. The summed E-state index contributed by atoms with van der Waals surface area (Å²) >= 11 is 6.99. The third-order valence-electron chi connectivity index (χ3n) is 2.38. The van der Waals surface area contributed by atoms with Crippen LogP contribution in [0.1, 0.15) is 5.56 Å². The Labute approximate surface area is 119 Å². The second kappa shape index (κ2) is 6.04. The molecule has 1 aliphatic rings. The highest BCUT2D eigenvalue weighted by Crippen LogP contribution is 2.28. The van der Waals surface area contributed by atoms with Gasteiger partial charge in [-0.15, -0.1) is 0 Å². The second-order valence-corrected chi connectivity index (χ2v) is 5.30. The molecule has 0 fully saturated rings. The molecule has 2 rings (SSSR count). The lowest BCUT2D eigenvalue weighted by Crippen LogP contribution is -1.98. The van der Waals surface area contributed by atoms with E-state index in [9.17, 15) is 9.59 Å². The van der Waals surface area contributed by atoms with Gasteiger partial charge in [-0.2, -0.15) is 0 Å². The normalized spacial score (nSPS) is 16.6. The second-order valence-electron chi connectivity index (χ2n) is 3.75. The molecule has 0 bridgehead atoms. The summed E-state index contributed by atoms with van der Waals surface area (Å²) < 4.78 is 4.48. The maximum Gasteiger partial charge on any atom is 0.331 e. The fourth-order valence-electron chi connectivity index (χ4n) is 1.47. The maximum absolute atomic E-state index is 11.6. The highest BCUT2D eigenvalue weighted by molar-refractivity contribution is 8.18. The lowest BCUT2D eigenvalue weighted by atomic mass is 10.2. The van der Waals surface area contributed by atoms with Crippen molar-refractivity contribution in [2.45, 2.75) is 6.42 Å². The summed E-state index contributed by atoms with van der Waals surface area (Å²) in [5.41, 5.74) is 1.00. The summed E-state index contributed by atoms with van der Waals surface area (Å²) in [6.45, 7) is 0. The smallest absolute Gasteiger partial charge is 0.331 e. The predicted molar refractivity (Wildman–Crippen MR) is 75.3 cm³/mol. The van der Waals surface area contributed by atoms with Crippen molar-refractivity contribution in [3.05, 3.63) is 45.8 Å². The molecular weight excluding hydrogens is 286 g/mol. The molecule has 1 heterocycles. The van der Waals surface area contributed by atoms with Gasteiger partial charge in [-0.25, -0.2) is 9.79 Å². The van der Waals surface area contributed by atoms with E-state index >= 15 is 0 Å². The molecule has 0 atom stereocenters. The van der Waals surface area contributed by atoms with E-state index in [4.69, 9.17) is 11.6 Å². The van der Waals surface area contributed by atoms with Gasteiger partial charge in [-0.1, -0.05) is 35.5 Å². The first kappa shape index (κ1) is 13.8.